The maximum absolute atomic E-state index is 11.2. The molecule has 0 radical (unpaired) electrons. The molecule has 0 fully saturated rings. The second-order valence-electron chi connectivity index (χ2n) is 4.41. The Bertz CT molecular complexity index is 626. The van der Waals surface area contributed by atoms with E-state index >= 15 is 0 Å². The summed E-state index contributed by atoms with van der Waals surface area (Å²) in [6.45, 7) is 2.92. The molecule has 9 nitrogen and oxygen atoms in total. The molecule has 2 N–H and O–H groups in total. The largest absolute Gasteiger partial charge is 0.364 e. The van der Waals surface area contributed by atoms with E-state index < -0.39 is 4.92 Å². The van der Waals surface area contributed by atoms with Crippen LogP contribution in [0.4, 0.5) is 17.3 Å². The van der Waals surface area contributed by atoms with E-state index in [1.54, 1.807) is 10.9 Å². The first kappa shape index (κ1) is 14.7. The smallest absolute Gasteiger partial charge is 0.353 e. The molecular formula is C12H17N7O2. The van der Waals surface area contributed by atoms with Crippen LogP contribution in [0.15, 0.2) is 18.7 Å². The fourth-order valence-electron chi connectivity index (χ4n) is 1.90. The first-order valence-corrected chi connectivity index (χ1v) is 6.56. The van der Waals surface area contributed by atoms with Crippen molar-refractivity contribution < 1.29 is 4.92 Å². The van der Waals surface area contributed by atoms with E-state index in [0.29, 0.717) is 19.5 Å². The zero-order valence-corrected chi connectivity index (χ0v) is 11.9. The van der Waals surface area contributed by atoms with Gasteiger partial charge in [0, 0.05) is 26.3 Å². The fourth-order valence-corrected chi connectivity index (χ4v) is 1.90. The minimum absolute atomic E-state index is 0.134. The van der Waals surface area contributed by atoms with Gasteiger partial charge >= 0.3 is 5.69 Å². The molecule has 2 aromatic heterocycles. The standard InChI is InChI=1S/C12H17N7O2/c1-3-13-11-10(19(20)21)12(16-8-15-11)14-5-4-9-6-17-18(2)7-9/h6-8H,3-5H2,1-2H3,(H2,13,14,15,16). The second kappa shape index (κ2) is 6.64. The van der Waals surface area contributed by atoms with Crippen molar-refractivity contribution >= 4 is 17.3 Å². The topological polar surface area (TPSA) is 111 Å². The number of anilines is 2. The van der Waals surface area contributed by atoms with Crippen molar-refractivity contribution in [3.8, 4) is 0 Å². The number of aryl methyl sites for hydroxylation is 1. The third kappa shape index (κ3) is 3.65. The summed E-state index contributed by atoms with van der Waals surface area (Å²) >= 11 is 0. The van der Waals surface area contributed by atoms with Gasteiger partial charge in [0.15, 0.2) is 0 Å². The molecule has 2 rings (SSSR count). The number of rotatable bonds is 7. The van der Waals surface area contributed by atoms with Crippen LogP contribution in [0.5, 0.6) is 0 Å². The lowest BCUT2D eigenvalue weighted by Gasteiger charge is -2.08. The first-order valence-electron chi connectivity index (χ1n) is 6.56. The highest BCUT2D eigenvalue weighted by atomic mass is 16.6. The van der Waals surface area contributed by atoms with Crippen molar-refractivity contribution in [3.05, 3.63) is 34.4 Å². The molecule has 0 aliphatic rings. The third-order valence-corrected chi connectivity index (χ3v) is 2.81. The fraction of sp³-hybridized carbons (Fsp3) is 0.417. The van der Waals surface area contributed by atoms with Crippen LogP contribution in [0, 0.1) is 10.1 Å². The summed E-state index contributed by atoms with van der Waals surface area (Å²) < 4.78 is 1.71. The first-order chi connectivity index (χ1) is 10.1. The molecule has 0 unspecified atom stereocenters. The molecule has 112 valence electrons. The van der Waals surface area contributed by atoms with Crippen LogP contribution in [-0.2, 0) is 13.5 Å². The van der Waals surface area contributed by atoms with Crippen molar-refractivity contribution in [1.29, 1.82) is 0 Å². The molecule has 0 aliphatic carbocycles. The third-order valence-electron chi connectivity index (χ3n) is 2.81. The van der Waals surface area contributed by atoms with Crippen molar-refractivity contribution in [2.45, 2.75) is 13.3 Å². The van der Waals surface area contributed by atoms with Crippen molar-refractivity contribution in [1.82, 2.24) is 19.7 Å². The predicted molar refractivity (Wildman–Crippen MR) is 78.3 cm³/mol. The molecule has 21 heavy (non-hydrogen) atoms. The Morgan fingerprint density at radius 1 is 1.33 bits per heavy atom. The monoisotopic (exact) mass is 291 g/mol. The highest BCUT2D eigenvalue weighted by molar-refractivity contribution is 5.69. The number of hydrogen-bond donors (Lipinski definition) is 2. The van der Waals surface area contributed by atoms with Crippen LogP contribution in [-0.4, -0.2) is 37.8 Å². The minimum Gasteiger partial charge on any atom is -0.364 e. The van der Waals surface area contributed by atoms with E-state index in [-0.39, 0.29) is 17.3 Å². The Kier molecular flexibility index (Phi) is 4.64. The van der Waals surface area contributed by atoms with Crippen LogP contribution >= 0.6 is 0 Å². The number of hydrogen-bond acceptors (Lipinski definition) is 7. The van der Waals surface area contributed by atoms with Gasteiger partial charge in [-0.05, 0) is 18.9 Å². The van der Waals surface area contributed by atoms with E-state index in [1.807, 2.05) is 20.2 Å². The molecule has 0 amide bonds. The average molecular weight is 291 g/mol. The molecule has 0 aromatic carbocycles. The molecule has 0 saturated carbocycles. The Balaban J connectivity index is 2.08. The van der Waals surface area contributed by atoms with Gasteiger partial charge in [0.1, 0.15) is 6.33 Å². The summed E-state index contributed by atoms with van der Waals surface area (Å²) in [6, 6.07) is 0. The highest BCUT2D eigenvalue weighted by Crippen LogP contribution is 2.28. The summed E-state index contributed by atoms with van der Waals surface area (Å²) in [5.74, 6) is 0.441. The van der Waals surface area contributed by atoms with Gasteiger partial charge in [-0.25, -0.2) is 9.97 Å². The van der Waals surface area contributed by atoms with E-state index in [2.05, 4.69) is 25.7 Å². The zero-order valence-electron chi connectivity index (χ0n) is 11.9. The van der Waals surface area contributed by atoms with E-state index in [0.717, 1.165) is 5.56 Å². The van der Waals surface area contributed by atoms with Gasteiger partial charge < -0.3 is 10.6 Å². The molecule has 2 heterocycles. The quantitative estimate of drug-likeness (QED) is 0.582. The molecule has 9 heteroatoms. The Morgan fingerprint density at radius 2 is 2.05 bits per heavy atom. The molecule has 2 aromatic rings. The Hall–Kier alpha value is -2.71. The highest BCUT2D eigenvalue weighted by Gasteiger charge is 2.22. The summed E-state index contributed by atoms with van der Waals surface area (Å²) in [6.07, 6.45) is 5.67. The van der Waals surface area contributed by atoms with Crippen LogP contribution in [0.3, 0.4) is 0 Å². The second-order valence-corrected chi connectivity index (χ2v) is 4.41. The summed E-state index contributed by atoms with van der Waals surface area (Å²) in [7, 11) is 1.84. The zero-order chi connectivity index (χ0) is 15.2. The molecule has 0 spiro atoms. The van der Waals surface area contributed by atoms with Gasteiger partial charge in [-0.1, -0.05) is 0 Å². The van der Waals surface area contributed by atoms with Crippen molar-refractivity contribution in [3.63, 3.8) is 0 Å². The molecule has 0 aliphatic heterocycles. The maximum atomic E-state index is 11.2. The maximum Gasteiger partial charge on any atom is 0.353 e. The number of nitrogens with one attached hydrogen (secondary N) is 2. The lowest BCUT2D eigenvalue weighted by Crippen LogP contribution is -2.11. The molecular weight excluding hydrogens is 274 g/mol. The summed E-state index contributed by atoms with van der Waals surface area (Å²) in [5.41, 5.74) is 0.916. The molecule has 0 bridgehead atoms. The summed E-state index contributed by atoms with van der Waals surface area (Å²) in [4.78, 5) is 18.6. The van der Waals surface area contributed by atoms with Crippen LogP contribution in [0.25, 0.3) is 0 Å². The molecule has 0 atom stereocenters. The number of nitrogens with zero attached hydrogens (tertiary/aromatic N) is 5. The van der Waals surface area contributed by atoms with Gasteiger partial charge in [-0.3, -0.25) is 14.8 Å². The van der Waals surface area contributed by atoms with Gasteiger partial charge in [0.05, 0.1) is 11.1 Å². The van der Waals surface area contributed by atoms with E-state index in [9.17, 15) is 10.1 Å². The number of aromatic nitrogens is 4. The van der Waals surface area contributed by atoms with Gasteiger partial charge in [0.2, 0.25) is 11.6 Å². The van der Waals surface area contributed by atoms with Crippen molar-refractivity contribution in [2.24, 2.45) is 7.05 Å². The lowest BCUT2D eigenvalue weighted by atomic mass is 10.2. The minimum atomic E-state index is -0.482. The van der Waals surface area contributed by atoms with Crippen molar-refractivity contribution in [2.75, 3.05) is 23.7 Å². The molecule has 0 saturated heterocycles. The number of nitro groups is 1. The van der Waals surface area contributed by atoms with Crippen LogP contribution in [0.1, 0.15) is 12.5 Å². The SMILES string of the molecule is CCNc1ncnc(NCCc2cnn(C)c2)c1[N+](=O)[O-]. The van der Waals surface area contributed by atoms with E-state index in [4.69, 9.17) is 0 Å². The van der Waals surface area contributed by atoms with Crippen LogP contribution in [0.2, 0.25) is 0 Å². The van der Waals surface area contributed by atoms with Crippen LogP contribution < -0.4 is 10.6 Å². The summed E-state index contributed by atoms with van der Waals surface area (Å²) in [5, 5.41) is 21.1. The Morgan fingerprint density at radius 3 is 2.62 bits per heavy atom. The van der Waals surface area contributed by atoms with Gasteiger partial charge in [0.25, 0.3) is 0 Å². The average Bonchev–Trinajstić information content (AvgIpc) is 2.85. The lowest BCUT2D eigenvalue weighted by molar-refractivity contribution is -0.383. The normalized spacial score (nSPS) is 10.4. The van der Waals surface area contributed by atoms with Gasteiger partial charge in [-0.15, -0.1) is 0 Å². The predicted octanol–water partition coefficient (Wildman–Crippen LogP) is 1.20. The van der Waals surface area contributed by atoms with E-state index in [1.165, 1.54) is 6.33 Å². The Labute approximate surface area is 121 Å². The van der Waals surface area contributed by atoms with Gasteiger partial charge in [-0.2, -0.15) is 5.10 Å².